The zero-order valence-corrected chi connectivity index (χ0v) is 11.0. The molecule has 3 N–H and O–H groups in total. The molecule has 0 radical (unpaired) electrons. The molecule has 0 aliphatic carbocycles. The minimum absolute atomic E-state index is 0.0119. The number of hydrogen-bond donors (Lipinski definition) is 2. The summed E-state index contributed by atoms with van der Waals surface area (Å²) < 4.78 is 1.74. The summed E-state index contributed by atoms with van der Waals surface area (Å²) in [5.41, 5.74) is 8.62. The van der Waals surface area contributed by atoms with Crippen molar-refractivity contribution in [1.29, 1.82) is 0 Å². The summed E-state index contributed by atoms with van der Waals surface area (Å²) in [5.74, 6) is -0.0119. The van der Waals surface area contributed by atoms with Crippen molar-refractivity contribution in [3.63, 3.8) is 0 Å². The molecule has 0 saturated carbocycles. The highest BCUT2D eigenvalue weighted by Gasteiger charge is 2.07. The number of rotatable bonds is 5. The van der Waals surface area contributed by atoms with E-state index in [0.717, 1.165) is 16.8 Å². The van der Waals surface area contributed by atoms with Crippen molar-refractivity contribution in [2.75, 3.05) is 0 Å². The minimum atomic E-state index is -0.0119. The quantitative estimate of drug-likeness (QED) is 0.830. The van der Waals surface area contributed by atoms with E-state index in [1.807, 2.05) is 37.4 Å². The second-order valence-electron chi connectivity index (χ2n) is 4.37. The number of aryl methyl sites for hydroxylation is 1. The van der Waals surface area contributed by atoms with E-state index in [9.17, 15) is 4.79 Å². The van der Waals surface area contributed by atoms with E-state index in [2.05, 4.69) is 10.4 Å². The molecule has 0 aliphatic rings. The summed E-state index contributed by atoms with van der Waals surface area (Å²) in [6.45, 7) is 0.936. The average Bonchev–Trinajstić information content (AvgIpc) is 2.82. The molecule has 100 valence electrons. The predicted molar refractivity (Wildman–Crippen MR) is 73.1 cm³/mol. The summed E-state index contributed by atoms with van der Waals surface area (Å²) in [6.07, 6.45) is 2.07. The van der Waals surface area contributed by atoms with Gasteiger partial charge in [0.15, 0.2) is 0 Å². The summed E-state index contributed by atoms with van der Waals surface area (Å²) in [7, 11) is 1.85. The van der Waals surface area contributed by atoms with E-state index in [4.69, 9.17) is 5.73 Å². The lowest BCUT2D eigenvalue weighted by molar-refractivity contribution is -0.120. The summed E-state index contributed by atoms with van der Waals surface area (Å²) in [6, 6.07) is 9.62. The molecule has 0 bridgehead atoms. The maximum Gasteiger partial charge on any atom is 0.224 e. The van der Waals surface area contributed by atoms with Gasteiger partial charge in [-0.1, -0.05) is 24.3 Å². The van der Waals surface area contributed by atoms with Crippen molar-refractivity contribution in [3.8, 4) is 0 Å². The fourth-order valence-corrected chi connectivity index (χ4v) is 1.93. The molecule has 0 aliphatic heterocycles. The van der Waals surface area contributed by atoms with Gasteiger partial charge < -0.3 is 11.1 Å². The van der Waals surface area contributed by atoms with E-state index < -0.39 is 0 Å². The minimum Gasteiger partial charge on any atom is -0.350 e. The van der Waals surface area contributed by atoms with Gasteiger partial charge in [-0.3, -0.25) is 9.48 Å². The Balaban J connectivity index is 1.93. The van der Waals surface area contributed by atoms with Crippen LogP contribution >= 0.6 is 0 Å². The number of carbonyl (C=O) groups excluding carboxylic acids is 1. The van der Waals surface area contributed by atoms with Gasteiger partial charge in [0.2, 0.25) is 5.91 Å². The van der Waals surface area contributed by atoms with Gasteiger partial charge in [0.25, 0.3) is 0 Å². The van der Waals surface area contributed by atoms with Crippen LogP contribution in [0.2, 0.25) is 0 Å². The Morgan fingerprint density at radius 2 is 2.05 bits per heavy atom. The van der Waals surface area contributed by atoms with Crippen LogP contribution in [0.5, 0.6) is 0 Å². The van der Waals surface area contributed by atoms with Crippen molar-refractivity contribution < 1.29 is 4.79 Å². The number of hydrogen-bond acceptors (Lipinski definition) is 3. The smallest absolute Gasteiger partial charge is 0.224 e. The van der Waals surface area contributed by atoms with Crippen LogP contribution in [0.1, 0.15) is 16.8 Å². The van der Waals surface area contributed by atoms with E-state index in [0.29, 0.717) is 19.5 Å². The van der Waals surface area contributed by atoms with Gasteiger partial charge in [-0.25, -0.2) is 0 Å². The van der Waals surface area contributed by atoms with Crippen LogP contribution in [0.25, 0.3) is 0 Å². The first-order valence-electron chi connectivity index (χ1n) is 6.21. The number of benzene rings is 1. The number of amides is 1. The molecule has 1 aromatic heterocycles. The highest BCUT2D eigenvalue weighted by molar-refractivity contribution is 5.78. The van der Waals surface area contributed by atoms with E-state index >= 15 is 0 Å². The van der Waals surface area contributed by atoms with Crippen LogP contribution in [0.4, 0.5) is 0 Å². The average molecular weight is 258 g/mol. The molecule has 0 saturated heterocycles. The molecule has 0 spiro atoms. The third kappa shape index (κ3) is 3.42. The van der Waals surface area contributed by atoms with Crippen LogP contribution < -0.4 is 11.1 Å². The third-order valence-corrected chi connectivity index (χ3v) is 3.08. The third-order valence-electron chi connectivity index (χ3n) is 3.08. The Morgan fingerprint density at radius 3 is 2.68 bits per heavy atom. The topological polar surface area (TPSA) is 72.9 Å². The van der Waals surface area contributed by atoms with Gasteiger partial charge in [0.05, 0.1) is 18.7 Å². The number of nitrogens with zero attached hydrogens (tertiary/aromatic N) is 2. The lowest BCUT2D eigenvalue weighted by atomic mass is 10.0. The van der Waals surface area contributed by atoms with Crippen molar-refractivity contribution in [1.82, 2.24) is 15.1 Å². The Morgan fingerprint density at radius 1 is 1.32 bits per heavy atom. The van der Waals surface area contributed by atoms with E-state index in [-0.39, 0.29) is 5.91 Å². The maximum absolute atomic E-state index is 11.9. The summed E-state index contributed by atoms with van der Waals surface area (Å²) in [5, 5.41) is 6.94. The molecule has 2 aromatic rings. The second-order valence-corrected chi connectivity index (χ2v) is 4.37. The normalized spacial score (nSPS) is 10.4. The van der Waals surface area contributed by atoms with Gasteiger partial charge >= 0.3 is 0 Å². The highest BCUT2D eigenvalue weighted by atomic mass is 16.1. The molecular formula is C14H18N4O. The van der Waals surface area contributed by atoms with Gasteiger partial charge in [0, 0.05) is 19.8 Å². The van der Waals surface area contributed by atoms with E-state index in [1.54, 1.807) is 10.9 Å². The van der Waals surface area contributed by atoms with Gasteiger partial charge in [0.1, 0.15) is 0 Å². The van der Waals surface area contributed by atoms with Gasteiger partial charge in [-0.05, 0) is 17.2 Å². The Labute approximate surface area is 112 Å². The highest BCUT2D eigenvalue weighted by Crippen LogP contribution is 2.08. The Kier molecular flexibility index (Phi) is 4.30. The number of carbonyl (C=O) groups is 1. The Bertz CT molecular complexity index is 562. The van der Waals surface area contributed by atoms with Gasteiger partial charge in [-0.15, -0.1) is 0 Å². The molecule has 1 amide bonds. The van der Waals surface area contributed by atoms with Gasteiger partial charge in [-0.2, -0.15) is 5.10 Å². The standard InChI is InChI=1S/C14H18N4O/c1-18-13(6-7-17-18)10-16-14(19)8-11-4-2-3-5-12(11)9-15/h2-7H,8-10,15H2,1H3,(H,16,19). The number of nitrogens with two attached hydrogens (primary N) is 1. The zero-order valence-electron chi connectivity index (χ0n) is 11.0. The molecule has 1 aromatic carbocycles. The molecule has 1 heterocycles. The molecule has 19 heavy (non-hydrogen) atoms. The molecule has 0 unspecified atom stereocenters. The molecule has 0 atom stereocenters. The van der Waals surface area contributed by atoms with E-state index in [1.165, 1.54) is 0 Å². The first-order valence-corrected chi connectivity index (χ1v) is 6.21. The van der Waals surface area contributed by atoms with Crippen molar-refractivity contribution in [2.45, 2.75) is 19.5 Å². The fraction of sp³-hybridized carbons (Fsp3) is 0.286. The zero-order chi connectivity index (χ0) is 13.7. The van der Waals surface area contributed by atoms with Crippen LogP contribution in [0.15, 0.2) is 36.5 Å². The van der Waals surface area contributed by atoms with Crippen molar-refractivity contribution in [3.05, 3.63) is 53.3 Å². The molecule has 0 fully saturated rings. The lowest BCUT2D eigenvalue weighted by Crippen LogP contribution is -2.26. The SMILES string of the molecule is Cn1nccc1CNC(=O)Cc1ccccc1CN. The number of aromatic nitrogens is 2. The first kappa shape index (κ1) is 13.3. The molecular weight excluding hydrogens is 240 g/mol. The van der Waals surface area contributed by atoms with Crippen molar-refractivity contribution >= 4 is 5.91 Å². The fourth-order valence-electron chi connectivity index (χ4n) is 1.93. The van der Waals surface area contributed by atoms with Crippen LogP contribution in [-0.4, -0.2) is 15.7 Å². The molecule has 2 rings (SSSR count). The lowest BCUT2D eigenvalue weighted by Gasteiger charge is -2.08. The largest absolute Gasteiger partial charge is 0.350 e. The Hall–Kier alpha value is -2.14. The summed E-state index contributed by atoms with van der Waals surface area (Å²) in [4.78, 5) is 11.9. The molecule has 5 nitrogen and oxygen atoms in total. The van der Waals surface area contributed by atoms with Crippen LogP contribution in [0.3, 0.4) is 0 Å². The molecule has 5 heteroatoms. The van der Waals surface area contributed by atoms with Crippen LogP contribution in [-0.2, 0) is 31.4 Å². The predicted octanol–water partition coefficient (Wildman–Crippen LogP) is 0.738. The monoisotopic (exact) mass is 258 g/mol. The number of nitrogens with one attached hydrogen (secondary N) is 1. The second kappa shape index (κ2) is 6.15. The summed E-state index contributed by atoms with van der Waals surface area (Å²) >= 11 is 0. The van der Waals surface area contributed by atoms with Crippen LogP contribution in [0, 0.1) is 0 Å². The maximum atomic E-state index is 11.9. The first-order chi connectivity index (χ1) is 9.20. The van der Waals surface area contributed by atoms with Crippen molar-refractivity contribution in [2.24, 2.45) is 12.8 Å².